The number of hydrogen-bond acceptors (Lipinski definition) is 3. The fourth-order valence-corrected chi connectivity index (χ4v) is 3.76. The van der Waals surface area contributed by atoms with Crippen LogP contribution in [0.25, 0.3) is 0 Å². The second kappa shape index (κ2) is 6.62. The first-order valence-electron chi connectivity index (χ1n) is 6.70. The number of nitrogens with two attached hydrogens (primary N) is 1. The normalized spacial score (nSPS) is 22.8. The summed E-state index contributed by atoms with van der Waals surface area (Å²) in [5, 5.41) is 2.62. The Morgan fingerprint density at radius 3 is 2.86 bits per heavy atom. The Balaban J connectivity index is 2.05. The standard InChI is InChI=1S/C14H20F2N4S/c1-20(2)14(5-6-21-9-14)8-18-13(17)19-12-7-10(15)3-4-11(12)16/h3-4,7H,5-6,8-9H2,1-2H3,(H3,17,18,19). The SMILES string of the molecule is CN(C)C1(CN=C(N)Nc2cc(F)ccc2F)CCSC1. The Hall–Kier alpha value is -1.34. The highest BCUT2D eigenvalue weighted by molar-refractivity contribution is 7.99. The molecule has 7 heteroatoms. The van der Waals surface area contributed by atoms with Crippen LogP contribution in [0.15, 0.2) is 23.2 Å². The van der Waals surface area contributed by atoms with E-state index in [2.05, 4.69) is 15.2 Å². The number of halogens is 2. The van der Waals surface area contributed by atoms with Gasteiger partial charge in [-0.2, -0.15) is 11.8 Å². The van der Waals surface area contributed by atoms with Crippen molar-refractivity contribution in [2.45, 2.75) is 12.0 Å². The second-order valence-electron chi connectivity index (χ2n) is 5.37. The number of anilines is 1. The molecule has 1 unspecified atom stereocenters. The third-order valence-corrected chi connectivity index (χ3v) is 5.00. The van der Waals surface area contributed by atoms with Crippen molar-refractivity contribution in [1.29, 1.82) is 0 Å². The maximum atomic E-state index is 13.5. The molecule has 0 aliphatic carbocycles. The first kappa shape index (κ1) is 16.0. The van der Waals surface area contributed by atoms with E-state index in [9.17, 15) is 8.78 Å². The number of nitrogens with zero attached hydrogens (tertiary/aromatic N) is 2. The van der Waals surface area contributed by atoms with Gasteiger partial charge in [-0.25, -0.2) is 8.78 Å². The number of rotatable bonds is 4. The number of likely N-dealkylation sites (N-methyl/N-ethyl adjacent to an activating group) is 1. The summed E-state index contributed by atoms with van der Waals surface area (Å²) in [6, 6.07) is 3.18. The summed E-state index contributed by atoms with van der Waals surface area (Å²) in [5.41, 5.74) is 5.77. The summed E-state index contributed by atoms with van der Waals surface area (Å²) in [6.45, 7) is 0.531. The van der Waals surface area contributed by atoms with Gasteiger partial charge in [-0.05, 0) is 38.4 Å². The molecule has 1 heterocycles. The molecule has 0 saturated carbocycles. The molecule has 0 spiro atoms. The van der Waals surface area contributed by atoms with Crippen molar-refractivity contribution < 1.29 is 8.78 Å². The summed E-state index contributed by atoms with van der Waals surface area (Å²) >= 11 is 1.89. The highest BCUT2D eigenvalue weighted by Crippen LogP contribution is 2.32. The molecule has 0 bridgehead atoms. The molecule has 21 heavy (non-hydrogen) atoms. The number of guanidine groups is 1. The number of nitrogens with one attached hydrogen (secondary N) is 1. The quantitative estimate of drug-likeness (QED) is 0.660. The smallest absolute Gasteiger partial charge is 0.193 e. The lowest BCUT2D eigenvalue weighted by Gasteiger charge is -2.34. The van der Waals surface area contributed by atoms with Crippen molar-refractivity contribution in [3.63, 3.8) is 0 Å². The van der Waals surface area contributed by atoms with E-state index in [4.69, 9.17) is 5.73 Å². The maximum absolute atomic E-state index is 13.5. The van der Waals surface area contributed by atoms with Crippen molar-refractivity contribution in [3.8, 4) is 0 Å². The van der Waals surface area contributed by atoms with Crippen LogP contribution in [0, 0.1) is 11.6 Å². The van der Waals surface area contributed by atoms with Gasteiger partial charge in [0.1, 0.15) is 11.6 Å². The highest BCUT2D eigenvalue weighted by atomic mass is 32.2. The van der Waals surface area contributed by atoms with Crippen LogP contribution in [-0.4, -0.2) is 48.5 Å². The molecule has 116 valence electrons. The van der Waals surface area contributed by atoms with E-state index in [1.54, 1.807) is 0 Å². The minimum atomic E-state index is -0.562. The molecular weight excluding hydrogens is 294 g/mol. The van der Waals surface area contributed by atoms with Gasteiger partial charge in [0.05, 0.1) is 12.2 Å². The largest absolute Gasteiger partial charge is 0.370 e. The molecule has 1 aliphatic heterocycles. The number of hydrogen-bond donors (Lipinski definition) is 2. The van der Waals surface area contributed by atoms with Gasteiger partial charge in [-0.1, -0.05) is 0 Å². The van der Waals surface area contributed by atoms with Crippen LogP contribution in [0.4, 0.5) is 14.5 Å². The zero-order valence-electron chi connectivity index (χ0n) is 12.2. The predicted octanol–water partition coefficient (Wildman–Crippen LogP) is 2.13. The first-order valence-corrected chi connectivity index (χ1v) is 7.86. The molecule has 1 aromatic rings. The van der Waals surface area contributed by atoms with Crippen molar-refractivity contribution in [2.24, 2.45) is 10.7 Å². The lowest BCUT2D eigenvalue weighted by Crippen LogP contribution is -2.47. The van der Waals surface area contributed by atoms with Crippen LogP contribution in [0.3, 0.4) is 0 Å². The minimum absolute atomic E-state index is 0.00375. The van der Waals surface area contributed by atoms with Crippen molar-refractivity contribution in [2.75, 3.05) is 37.5 Å². The van der Waals surface area contributed by atoms with E-state index in [1.807, 2.05) is 25.9 Å². The molecule has 0 radical (unpaired) electrons. The molecule has 0 aromatic heterocycles. The molecule has 1 atom stereocenters. The van der Waals surface area contributed by atoms with E-state index in [1.165, 1.54) is 0 Å². The van der Waals surface area contributed by atoms with Crippen LogP contribution in [0.1, 0.15) is 6.42 Å². The fourth-order valence-electron chi connectivity index (χ4n) is 2.22. The third-order valence-electron chi connectivity index (χ3n) is 3.77. The van der Waals surface area contributed by atoms with Gasteiger partial charge in [0.25, 0.3) is 0 Å². The molecule has 2 rings (SSSR count). The Labute approximate surface area is 127 Å². The van der Waals surface area contributed by atoms with Crippen LogP contribution in [-0.2, 0) is 0 Å². The molecule has 1 aliphatic rings. The van der Waals surface area contributed by atoms with Crippen LogP contribution >= 0.6 is 11.8 Å². The van der Waals surface area contributed by atoms with E-state index in [0.29, 0.717) is 6.54 Å². The van der Waals surface area contributed by atoms with Gasteiger partial charge in [-0.3, -0.25) is 4.99 Å². The van der Waals surface area contributed by atoms with Gasteiger partial charge in [-0.15, -0.1) is 0 Å². The van der Waals surface area contributed by atoms with E-state index >= 15 is 0 Å². The molecule has 1 aromatic carbocycles. The average Bonchev–Trinajstić information content (AvgIpc) is 2.91. The lowest BCUT2D eigenvalue weighted by molar-refractivity contribution is 0.190. The Morgan fingerprint density at radius 1 is 1.48 bits per heavy atom. The maximum Gasteiger partial charge on any atom is 0.193 e. The summed E-state index contributed by atoms with van der Waals surface area (Å²) < 4.78 is 26.6. The fraction of sp³-hybridized carbons (Fsp3) is 0.500. The summed E-state index contributed by atoms with van der Waals surface area (Å²) in [7, 11) is 4.05. The molecule has 1 saturated heterocycles. The molecule has 4 nitrogen and oxygen atoms in total. The molecular formula is C14H20F2N4S. The van der Waals surface area contributed by atoms with Crippen LogP contribution in [0.5, 0.6) is 0 Å². The zero-order valence-corrected chi connectivity index (χ0v) is 13.0. The van der Waals surface area contributed by atoms with Crippen LogP contribution in [0.2, 0.25) is 0 Å². The minimum Gasteiger partial charge on any atom is -0.370 e. The van der Waals surface area contributed by atoms with Gasteiger partial charge in [0, 0.05) is 17.4 Å². The van der Waals surface area contributed by atoms with Crippen molar-refractivity contribution in [1.82, 2.24) is 4.90 Å². The lowest BCUT2D eigenvalue weighted by atomic mass is 9.98. The highest BCUT2D eigenvalue weighted by Gasteiger charge is 2.36. The van der Waals surface area contributed by atoms with Crippen molar-refractivity contribution >= 4 is 23.4 Å². The number of benzene rings is 1. The van der Waals surface area contributed by atoms with Gasteiger partial charge >= 0.3 is 0 Å². The predicted molar refractivity (Wildman–Crippen MR) is 84.8 cm³/mol. The van der Waals surface area contributed by atoms with Gasteiger partial charge in [0.2, 0.25) is 0 Å². The third kappa shape index (κ3) is 3.85. The number of thioether (sulfide) groups is 1. The molecule has 1 fully saturated rings. The average molecular weight is 314 g/mol. The monoisotopic (exact) mass is 314 g/mol. The van der Waals surface area contributed by atoms with Crippen molar-refractivity contribution in [3.05, 3.63) is 29.8 Å². The van der Waals surface area contributed by atoms with Gasteiger partial charge in [0.15, 0.2) is 5.96 Å². The Morgan fingerprint density at radius 2 is 2.24 bits per heavy atom. The second-order valence-corrected chi connectivity index (χ2v) is 6.48. The topological polar surface area (TPSA) is 53.6 Å². The summed E-state index contributed by atoms with van der Waals surface area (Å²) in [5.74, 6) is 1.10. The van der Waals surface area contributed by atoms with Crippen LogP contribution < -0.4 is 11.1 Å². The molecule has 0 amide bonds. The van der Waals surface area contributed by atoms with E-state index in [0.717, 1.165) is 36.1 Å². The first-order chi connectivity index (χ1) is 9.93. The Bertz CT molecular complexity index is 528. The number of aliphatic imine (C=N–C) groups is 1. The van der Waals surface area contributed by atoms with Gasteiger partial charge < -0.3 is 16.0 Å². The zero-order chi connectivity index (χ0) is 15.5. The van der Waals surface area contributed by atoms with E-state index < -0.39 is 11.6 Å². The summed E-state index contributed by atoms with van der Waals surface area (Å²) in [4.78, 5) is 6.46. The summed E-state index contributed by atoms with van der Waals surface area (Å²) in [6.07, 6.45) is 1.04. The molecule has 3 N–H and O–H groups in total. The van der Waals surface area contributed by atoms with E-state index in [-0.39, 0.29) is 17.2 Å². The Kier molecular flexibility index (Phi) is 5.05.